The molecule has 7 nitrogen and oxygen atoms in total. The molecular formula is C31H46O7S. The molecule has 0 spiro atoms. The summed E-state index contributed by atoms with van der Waals surface area (Å²) in [6, 6.07) is 6.72. The molecule has 0 aliphatic heterocycles. The molecule has 8 heteroatoms. The highest BCUT2D eigenvalue weighted by Gasteiger charge is 2.65. The van der Waals surface area contributed by atoms with Crippen molar-refractivity contribution in [2.24, 2.45) is 46.3 Å². The zero-order valence-corrected chi connectivity index (χ0v) is 24.6. The van der Waals surface area contributed by atoms with E-state index in [1.165, 1.54) is 0 Å². The predicted molar refractivity (Wildman–Crippen MR) is 147 cm³/mol. The normalized spacial score (nSPS) is 42.7. The van der Waals surface area contributed by atoms with Gasteiger partial charge in [-0.05, 0) is 117 Å². The number of fused-ring (bicyclic) bond motifs is 5. The highest BCUT2D eigenvalue weighted by Crippen LogP contribution is 2.68. The second-order valence-corrected chi connectivity index (χ2v) is 15.3. The summed E-state index contributed by atoms with van der Waals surface area (Å²) >= 11 is 0. The van der Waals surface area contributed by atoms with Gasteiger partial charge in [0.25, 0.3) is 10.1 Å². The summed E-state index contributed by atoms with van der Waals surface area (Å²) in [7, 11) is -3.86. The molecule has 4 saturated carbocycles. The van der Waals surface area contributed by atoms with Gasteiger partial charge in [0.05, 0.1) is 23.2 Å². The highest BCUT2D eigenvalue weighted by molar-refractivity contribution is 7.86. The molecule has 4 aliphatic rings. The van der Waals surface area contributed by atoms with Gasteiger partial charge in [0, 0.05) is 6.42 Å². The third-order valence-corrected chi connectivity index (χ3v) is 13.3. The van der Waals surface area contributed by atoms with Crippen LogP contribution in [-0.4, -0.2) is 48.0 Å². The van der Waals surface area contributed by atoms with Crippen LogP contribution in [-0.2, 0) is 19.1 Å². The molecule has 4 fully saturated rings. The molecule has 0 heterocycles. The summed E-state index contributed by atoms with van der Waals surface area (Å²) in [5.41, 5.74) is 0.570. The number of carbonyl (C=O) groups is 1. The second kappa shape index (κ2) is 10.4. The van der Waals surface area contributed by atoms with E-state index in [0.717, 1.165) is 24.8 Å². The summed E-state index contributed by atoms with van der Waals surface area (Å²) in [5.74, 6) is 0.267. The van der Waals surface area contributed by atoms with E-state index in [1.54, 1.807) is 24.3 Å². The number of hydrogen-bond donors (Lipinski definition) is 3. The Labute approximate surface area is 233 Å². The first-order valence-corrected chi connectivity index (χ1v) is 16.3. The smallest absolute Gasteiger partial charge is 0.303 e. The number of carboxylic acids is 1. The molecule has 5 rings (SSSR count). The number of benzene rings is 1. The summed E-state index contributed by atoms with van der Waals surface area (Å²) in [6.45, 7) is 8.52. The lowest BCUT2D eigenvalue weighted by Gasteiger charge is -2.63. The molecule has 3 N–H and O–H groups in total. The maximum atomic E-state index is 13.0. The quantitative estimate of drug-likeness (QED) is 0.392. The van der Waals surface area contributed by atoms with Gasteiger partial charge in [-0.3, -0.25) is 8.98 Å². The van der Waals surface area contributed by atoms with Crippen LogP contribution in [0.15, 0.2) is 29.2 Å². The average Bonchev–Trinajstić information content (AvgIpc) is 3.22. The van der Waals surface area contributed by atoms with Crippen LogP contribution in [0.1, 0.15) is 84.1 Å². The monoisotopic (exact) mass is 562 g/mol. The van der Waals surface area contributed by atoms with Crippen LogP contribution in [0.2, 0.25) is 0 Å². The van der Waals surface area contributed by atoms with Crippen LogP contribution in [0, 0.1) is 53.3 Å². The fourth-order valence-corrected chi connectivity index (χ4v) is 10.8. The Kier molecular flexibility index (Phi) is 7.75. The van der Waals surface area contributed by atoms with E-state index in [1.807, 2.05) is 6.92 Å². The molecule has 5 unspecified atom stereocenters. The van der Waals surface area contributed by atoms with Crippen LogP contribution in [0.4, 0.5) is 0 Å². The number of rotatable bonds is 7. The van der Waals surface area contributed by atoms with Crippen molar-refractivity contribution < 1.29 is 32.7 Å². The number of aryl methyl sites for hydroxylation is 1. The van der Waals surface area contributed by atoms with E-state index < -0.39 is 34.4 Å². The SMILES string of the molecule is Cc1ccc(S(=O)(=O)O[C@@H]2CC[C@@]3(C)C(CC(O)C4C3C[C@H](O)[C@@]3(C)C4CC[C@@H]3[C@H](C)CCC(=O)O)C2)cc1. The van der Waals surface area contributed by atoms with Crippen LogP contribution < -0.4 is 0 Å². The van der Waals surface area contributed by atoms with Gasteiger partial charge < -0.3 is 15.3 Å². The topological polar surface area (TPSA) is 121 Å². The van der Waals surface area contributed by atoms with E-state index in [0.29, 0.717) is 32.1 Å². The molecule has 39 heavy (non-hydrogen) atoms. The Morgan fingerprint density at radius 2 is 1.74 bits per heavy atom. The Balaban J connectivity index is 1.33. The van der Waals surface area contributed by atoms with Crippen LogP contribution in [0.3, 0.4) is 0 Å². The number of aliphatic hydroxyl groups is 2. The molecule has 11 atom stereocenters. The fourth-order valence-electron chi connectivity index (χ4n) is 9.69. The second-order valence-electron chi connectivity index (χ2n) is 13.8. The van der Waals surface area contributed by atoms with Crippen molar-refractivity contribution in [1.82, 2.24) is 0 Å². The van der Waals surface area contributed by atoms with E-state index >= 15 is 0 Å². The molecule has 218 valence electrons. The van der Waals surface area contributed by atoms with Crippen molar-refractivity contribution in [2.75, 3.05) is 0 Å². The predicted octanol–water partition coefficient (Wildman–Crippen LogP) is 5.17. The Morgan fingerprint density at radius 3 is 2.41 bits per heavy atom. The van der Waals surface area contributed by atoms with Gasteiger partial charge in [0.15, 0.2) is 0 Å². The molecule has 0 saturated heterocycles. The van der Waals surface area contributed by atoms with Gasteiger partial charge in [-0.1, -0.05) is 38.5 Å². The minimum atomic E-state index is -3.86. The summed E-state index contributed by atoms with van der Waals surface area (Å²) in [5, 5.41) is 32.5. The minimum absolute atomic E-state index is 0.0906. The third-order valence-electron chi connectivity index (χ3n) is 11.9. The summed E-state index contributed by atoms with van der Waals surface area (Å²) in [4.78, 5) is 11.4. The molecule has 0 aromatic heterocycles. The highest BCUT2D eigenvalue weighted by atomic mass is 32.2. The number of carboxylic acid groups (broad SMARTS) is 1. The Morgan fingerprint density at radius 1 is 1.05 bits per heavy atom. The zero-order valence-electron chi connectivity index (χ0n) is 23.8. The van der Waals surface area contributed by atoms with Gasteiger partial charge in [0.2, 0.25) is 0 Å². The number of aliphatic carboxylic acids is 1. The lowest BCUT2D eigenvalue weighted by Crippen LogP contribution is -2.62. The van der Waals surface area contributed by atoms with Gasteiger partial charge >= 0.3 is 5.97 Å². The lowest BCUT2D eigenvalue weighted by atomic mass is 9.43. The van der Waals surface area contributed by atoms with Gasteiger partial charge in [-0.25, -0.2) is 0 Å². The number of aliphatic hydroxyl groups excluding tert-OH is 2. The molecular weight excluding hydrogens is 516 g/mol. The summed E-state index contributed by atoms with van der Waals surface area (Å²) < 4.78 is 31.7. The largest absolute Gasteiger partial charge is 0.481 e. The van der Waals surface area contributed by atoms with Crippen molar-refractivity contribution in [3.63, 3.8) is 0 Å². The fraction of sp³-hybridized carbons (Fsp3) is 0.774. The summed E-state index contributed by atoms with van der Waals surface area (Å²) in [6.07, 6.45) is 4.57. The van der Waals surface area contributed by atoms with Crippen LogP contribution >= 0.6 is 0 Å². The molecule has 4 aliphatic carbocycles. The minimum Gasteiger partial charge on any atom is -0.481 e. The zero-order chi connectivity index (χ0) is 28.3. The Bertz CT molecular complexity index is 1170. The molecule has 1 aromatic carbocycles. The average molecular weight is 563 g/mol. The first-order valence-electron chi connectivity index (χ1n) is 14.8. The molecule has 0 radical (unpaired) electrons. The maximum absolute atomic E-state index is 13.0. The first-order chi connectivity index (χ1) is 18.3. The van der Waals surface area contributed by atoms with E-state index in [9.17, 15) is 28.5 Å². The lowest BCUT2D eigenvalue weighted by molar-refractivity contribution is -0.206. The van der Waals surface area contributed by atoms with E-state index in [2.05, 4.69) is 20.8 Å². The van der Waals surface area contributed by atoms with Gasteiger partial charge in [-0.2, -0.15) is 8.42 Å². The van der Waals surface area contributed by atoms with Crippen molar-refractivity contribution in [3.05, 3.63) is 29.8 Å². The van der Waals surface area contributed by atoms with Crippen molar-refractivity contribution in [3.8, 4) is 0 Å². The van der Waals surface area contributed by atoms with E-state index in [4.69, 9.17) is 4.18 Å². The number of hydrogen-bond acceptors (Lipinski definition) is 6. The molecule has 0 amide bonds. The van der Waals surface area contributed by atoms with Gasteiger partial charge in [-0.15, -0.1) is 0 Å². The van der Waals surface area contributed by atoms with Crippen molar-refractivity contribution in [1.29, 1.82) is 0 Å². The Hall–Kier alpha value is -1.48. The van der Waals surface area contributed by atoms with Crippen LogP contribution in [0.5, 0.6) is 0 Å². The van der Waals surface area contributed by atoms with Crippen molar-refractivity contribution >= 4 is 16.1 Å². The van der Waals surface area contributed by atoms with Crippen molar-refractivity contribution in [2.45, 2.75) is 109 Å². The molecule has 1 aromatic rings. The van der Waals surface area contributed by atoms with Crippen LogP contribution in [0.25, 0.3) is 0 Å². The molecule has 0 bridgehead atoms. The standard InChI is InChI=1S/C31H46O7S/c1-18-5-8-22(9-6-18)39(36,37)38-21-13-14-30(3)20(15-21)16-26(32)29-24-11-10-23(19(2)7-12-28(34)35)31(24,4)27(33)17-25(29)30/h5-6,8-9,19-21,23-27,29,32-33H,7,10-17H2,1-4H3,(H,34,35)/t19-,20?,21-,23-,24?,25?,26?,27+,29?,30+,31-/m1/s1. The van der Waals surface area contributed by atoms with E-state index in [-0.39, 0.29) is 57.7 Å². The third kappa shape index (κ3) is 4.98. The van der Waals surface area contributed by atoms with Gasteiger partial charge in [0.1, 0.15) is 0 Å². The maximum Gasteiger partial charge on any atom is 0.303 e. The first kappa shape index (κ1) is 29.0.